The summed E-state index contributed by atoms with van der Waals surface area (Å²) >= 11 is 3.63. The molecule has 1 atom stereocenters. The SMILES string of the molecule is COC(=O)C=CC(C)(c1c(OC)cc(C)c2c1ccn2COCC[Si](C)(C)C)c1nc2cc(Br)ccc2n1COCC[Si](C)(C)C. The van der Waals surface area contributed by atoms with Gasteiger partial charge in [-0.25, -0.2) is 9.78 Å². The summed E-state index contributed by atoms with van der Waals surface area (Å²) in [5.41, 5.74) is 3.86. The number of hydrogen-bond donors (Lipinski definition) is 0. The Kier molecular flexibility index (Phi) is 11.5. The molecular weight excluding hydrogens is 678 g/mol. The molecule has 0 fully saturated rings. The van der Waals surface area contributed by atoms with Gasteiger partial charge < -0.3 is 28.1 Å². The molecule has 46 heavy (non-hydrogen) atoms. The molecule has 0 saturated heterocycles. The number of ether oxygens (including phenoxy) is 4. The molecule has 0 bridgehead atoms. The summed E-state index contributed by atoms with van der Waals surface area (Å²) in [6.07, 6.45) is 5.43. The van der Waals surface area contributed by atoms with E-state index < -0.39 is 27.5 Å². The summed E-state index contributed by atoms with van der Waals surface area (Å²) in [5.74, 6) is 0.994. The highest BCUT2D eigenvalue weighted by Gasteiger charge is 2.38. The zero-order chi connectivity index (χ0) is 33.9. The van der Waals surface area contributed by atoms with Crippen molar-refractivity contribution in [1.29, 1.82) is 0 Å². The van der Waals surface area contributed by atoms with Gasteiger partial charge in [-0.2, -0.15) is 0 Å². The third kappa shape index (κ3) is 8.41. The predicted molar refractivity (Wildman–Crippen MR) is 196 cm³/mol. The van der Waals surface area contributed by atoms with E-state index in [0.29, 0.717) is 25.8 Å². The summed E-state index contributed by atoms with van der Waals surface area (Å²) in [4.78, 5) is 17.8. The molecular formula is C35H50BrN3O5Si2. The second-order valence-electron chi connectivity index (χ2n) is 14.6. The first kappa shape index (κ1) is 36.1. The number of allylic oxidation sites excluding steroid dienone is 1. The number of aryl methyl sites for hydroxylation is 1. The Bertz CT molecular complexity index is 1720. The molecule has 0 spiro atoms. The first-order valence-corrected chi connectivity index (χ1v) is 24.0. The minimum atomic E-state index is -1.29. The molecule has 250 valence electrons. The minimum absolute atomic E-state index is 0.322. The largest absolute Gasteiger partial charge is 0.496 e. The Labute approximate surface area is 284 Å². The zero-order valence-corrected chi connectivity index (χ0v) is 32.7. The van der Waals surface area contributed by atoms with E-state index in [9.17, 15) is 4.79 Å². The number of halogens is 1. The van der Waals surface area contributed by atoms with E-state index in [0.717, 1.165) is 62.1 Å². The third-order valence-electron chi connectivity index (χ3n) is 8.31. The van der Waals surface area contributed by atoms with Gasteiger partial charge in [0.1, 0.15) is 25.0 Å². The Morgan fingerprint density at radius 3 is 2.24 bits per heavy atom. The van der Waals surface area contributed by atoms with Crippen LogP contribution in [0.25, 0.3) is 21.9 Å². The molecule has 1 unspecified atom stereocenters. The van der Waals surface area contributed by atoms with Crippen LogP contribution in [-0.4, -0.2) is 63.7 Å². The first-order chi connectivity index (χ1) is 21.6. The lowest BCUT2D eigenvalue weighted by Gasteiger charge is -2.30. The first-order valence-electron chi connectivity index (χ1n) is 15.8. The highest BCUT2D eigenvalue weighted by atomic mass is 79.9. The summed E-state index contributed by atoms with van der Waals surface area (Å²) in [5, 5.41) is 1.00. The number of aromatic nitrogens is 3. The number of hydrogen-bond acceptors (Lipinski definition) is 6. The van der Waals surface area contributed by atoms with Gasteiger partial charge in [0, 0.05) is 57.1 Å². The Morgan fingerprint density at radius 1 is 0.978 bits per heavy atom. The van der Waals surface area contributed by atoms with E-state index in [2.05, 4.69) is 103 Å². The van der Waals surface area contributed by atoms with Gasteiger partial charge in [-0.05, 0) is 61.8 Å². The molecule has 8 nitrogen and oxygen atoms in total. The lowest BCUT2D eigenvalue weighted by Crippen LogP contribution is -2.28. The van der Waals surface area contributed by atoms with Crippen LogP contribution in [0.5, 0.6) is 5.75 Å². The van der Waals surface area contributed by atoms with Crippen molar-refractivity contribution in [3.63, 3.8) is 0 Å². The molecule has 0 aliphatic heterocycles. The van der Waals surface area contributed by atoms with Gasteiger partial charge in [0.05, 0.1) is 36.2 Å². The predicted octanol–water partition coefficient (Wildman–Crippen LogP) is 8.73. The van der Waals surface area contributed by atoms with E-state index in [-0.39, 0.29) is 0 Å². The Balaban J connectivity index is 1.93. The van der Waals surface area contributed by atoms with E-state index in [1.54, 1.807) is 7.11 Å². The number of rotatable bonds is 15. The van der Waals surface area contributed by atoms with Crippen molar-refractivity contribution in [3.05, 3.63) is 70.1 Å². The van der Waals surface area contributed by atoms with E-state index in [4.69, 9.17) is 23.9 Å². The van der Waals surface area contributed by atoms with Gasteiger partial charge in [-0.15, -0.1) is 0 Å². The molecule has 11 heteroatoms. The van der Waals surface area contributed by atoms with Crippen molar-refractivity contribution < 1.29 is 23.7 Å². The van der Waals surface area contributed by atoms with Crippen LogP contribution in [0.15, 0.2) is 53.2 Å². The van der Waals surface area contributed by atoms with E-state index in [1.165, 1.54) is 13.2 Å². The smallest absolute Gasteiger partial charge is 0.330 e. The third-order valence-corrected chi connectivity index (χ3v) is 12.2. The highest BCUT2D eigenvalue weighted by Crippen LogP contribution is 2.45. The Morgan fingerprint density at radius 2 is 1.63 bits per heavy atom. The molecule has 4 rings (SSSR count). The van der Waals surface area contributed by atoms with Gasteiger partial charge >= 0.3 is 5.97 Å². The maximum absolute atomic E-state index is 12.6. The van der Waals surface area contributed by atoms with Gasteiger partial charge in [0.15, 0.2) is 0 Å². The summed E-state index contributed by atoms with van der Waals surface area (Å²) < 4.78 is 28.9. The molecule has 0 amide bonds. The quantitative estimate of drug-likeness (QED) is 0.0528. The van der Waals surface area contributed by atoms with Crippen molar-refractivity contribution in [2.45, 2.75) is 84.1 Å². The number of methoxy groups -OCH3 is 2. The number of carbonyl (C=O) groups is 1. The summed E-state index contributed by atoms with van der Waals surface area (Å²) in [6, 6.07) is 12.4. The lowest BCUT2D eigenvalue weighted by atomic mass is 9.78. The van der Waals surface area contributed by atoms with Crippen LogP contribution in [0.4, 0.5) is 0 Å². The summed E-state index contributed by atoms with van der Waals surface area (Å²) in [7, 11) is 0.572. The average molecular weight is 729 g/mol. The molecule has 2 aromatic carbocycles. The molecule has 0 aliphatic rings. The van der Waals surface area contributed by atoms with Gasteiger partial charge in [0.25, 0.3) is 0 Å². The van der Waals surface area contributed by atoms with Crippen LogP contribution < -0.4 is 4.74 Å². The fourth-order valence-electron chi connectivity index (χ4n) is 5.67. The maximum Gasteiger partial charge on any atom is 0.330 e. The zero-order valence-electron chi connectivity index (χ0n) is 29.1. The second kappa shape index (κ2) is 14.6. The normalized spacial score (nSPS) is 14.0. The van der Waals surface area contributed by atoms with Gasteiger partial charge in [-0.3, -0.25) is 0 Å². The molecule has 0 radical (unpaired) electrons. The molecule has 2 heterocycles. The fraction of sp³-hybridized carbons (Fsp3) is 0.486. The molecule has 4 aromatic rings. The van der Waals surface area contributed by atoms with Crippen molar-refractivity contribution in [2.24, 2.45) is 0 Å². The summed E-state index contributed by atoms with van der Waals surface area (Å²) in [6.45, 7) is 20.5. The molecule has 0 aliphatic carbocycles. The van der Waals surface area contributed by atoms with Crippen molar-refractivity contribution in [2.75, 3.05) is 27.4 Å². The number of carbonyl (C=O) groups excluding carboxylic acids is 1. The molecule has 2 aromatic heterocycles. The maximum atomic E-state index is 12.6. The monoisotopic (exact) mass is 727 g/mol. The topological polar surface area (TPSA) is 76.7 Å². The lowest BCUT2D eigenvalue weighted by molar-refractivity contribution is -0.134. The molecule has 0 saturated carbocycles. The van der Waals surface area contributed by atoms with E-state index in [1.807, 2.05) is 18.2 Å². The van der Waals surface area contributed by atoms with Crippen molar-refractivity contribution >= 4 is 60.0 Å². The van der Waals surface area contributed by atoms with Crippen molar-refractivity contribution in [1.82, 2.24) is 14.1 Å². The van der Waals surface area contributed by atoms with Crippen LogP contribution in [-0.2, 0) is 37.9 Å². The number of imidazole rings is 1. The van der Waals surface area contributed by atoms with Crippen LogP contribution >= 0.6 is 15.9 Å². The van der Waals surface area contributed by atoms with Crippen LogP contribution in [0.1, 0.15) is 23.9 Å². The Hall–Kier alpha value is -2.71. The average Bonchev–Trinajstić information content (AvgIpc) is 3.56. The van der Waals surface area contributed by atoms with Crippen LogP contribution in [0, 0.1) is 6.92 Å². The van der Waals surface area contributed by atoms with Gasteiger partial charge in [0.2, 0.25) is 0 Å². The number of nitrogens with zero attached hydrogens (tertiary/aromatic N) is 3. The van der Waals surface area contributed by atoms with Gasteiger partial charge in [-0.1, -0.05) is 61.3 Å². The van der Waals surface area contributed by atoms with E-state index >= 15 is 0 Å². The van der Waals surface area contributed by atoms with Crippen molar-refractivity contribution in [3.8, 4) is 5.75 Å². The van der Waals surface area contributed by atoms with Crippen LogP contribution in [0.3, 0.4) is 0 Å². The number of benzene rings is 2. The second-order valence-corrected chi connectivity index (χ2v) is 26.7. The molecule has 0 N–H and O–H groups in total. The fourth-order valence-corrected chi connectivity index (χ4v) is 7.53. The number of esters is 1. The highest BCUT2D eigenvalue weighted by molar-refractivity contribution is 9.10. The minimum Gasteiger partial charge on any atom is -0.496 e. The number of fused-ring (bicyclic) bond motifs is 2. The standard InChI is InChI=1S/C35H50BrN3O5Si2/c1-25-21-30(41-3)32(27-14-16-38(33(25)27)23-43-17-19-45(5,6)7)35(2,15-13-31(40)42-4)34-37-28-22-26(36)11-12-29(28)39(34)24-44-18-20-46(8,9)10/h11-16,21-22H,17-20,23-24H2,1-10H3. The van der Waals surface area contributed by atoms with Crippen LogP contribution in [0.2, 0.25) is 51.4 Å².